The molecule has 1 saturated carbocycles. The lowest BCUT2D eigenvalue weighted by Gasteiger charge is -2.39. The van der Waals surface area contributed by atoms with Gasteiger partial charge in [-0.3, -0.25) is 4.79 Å². The van der Waals surface area contributed by atoms with Crippen molar-refractivity contribution in [1.82, 2.24) is 15.8 Å². The number of fused-ring (bicyclic) bond motifs is 2. The molecular weight excluding hydrogens is 466 g/mol. The van der Waals surface area contributed by atoms with Crippen LogP contribution in [-0.2, 0) is 25.8 Å². The van der Waals surface area contributed by atoms with Crippen molar-refractivity contribution in [1.29, 1.82) is 5.26 Å². The number of benzene rings is 1. The van der Waals surface area contributed by atoms with Crippen molar-refractivity contribution < 1.29 is 17.9 Å². The molecular formula is C25H33N5O4S. The summed E-state index contributed by atoms with van der Waals surface area (Å²) in [5, 5.41) is 18.5. The van der Waals surface area contributed by atoms with Gasteiger partial charge in [-0.25, -0.2) is 18.9 Å². The summed E-state index contributed by atoms with van der Waals surface area (Å²) >= 11 is 0. The van der Waals surface area contributed by atoms with E-state index in [9.17, 15) is 18.5 Å². The highest BCUT2D eigenvalue weighted by atomic mass is 32.2. The third kappa shape index (κ3) is 3.67. The molecule has 9 nitrogen and oxygen atoms in total. The molecule has 1 aromatic carbocycles. The Morgan fingerprint density at radius 2 is 1.94 bits per heavy atom. The van der Waals surface area contributed by atoms with Gasteiger partial charge in [0.1, 0.15) is 6.17 Å². The van der Waals surface area contributed by atoms with Crippen LogP contribution in [0.4, 0.5) is 5.69 Å². The lowest BCUT2D eigenvalue weighted by atomic mass is 9.83. The van der Waals surface area contributed by atoms with E-state index in [1.165, 1.54) is 0 Å². The summed E-state index contributed by atoms with van der Waals surface area (Å²) in [7, 11) is -3.40. The average molecular weight is 500 g/mol. The van der Waals surface area contributed by atoms with E-state index >= 15 is 0 Å². The average Bonchev–Trinajstić information content (AvgIpc) is 3.32. The summed E-state index contributed by atoms with van der Waals surface area (Å²) in [5.41, 5.74) is 5.21. The van der Waals surface area contributed by atoms with E-state index in [0.717, 1.165) is 43.4 Å². The van der Waals surface area contributed by atoms with Gasteiger partial charge in [-0.15, -0.1) is 0 Å². The van der Waals surface area contributed by atoms with Crippen LogP contribution in [0, 0.1) is 23.2 Å². The Labute approximate surface area is 206 Å². The fourth-order valence-electron chi connectivity index (χ4n) is 7.01. The molecule has 188 valence electrons. The maximum atomic E-state index is 13.4. The van der Waals surface area contributed by atoms with Crippen molar-refractivity contribution in [3.8, 4) is 6.07 Å². The number of hydrogen-bond acceptors (Lipinski definition) is 8. The van der Waals surface area contributed by atoms with Gasteiger partial charge in [0.05, 0.1) is 27.5 Å². The molecule has 1 spiro atoms. The lowest BCUT2D eigenvalue weighted by molar-refractivity contribution is -0.128. The zero-order chi connectivity index (χ0) is 24.2. The minimum atomic E-state index is -3.40. The Morgan fingerprint density at radius 3 is 2.74 bits per heavy atom. The molecule has 3 saturated heterocycles. The molecule has 3 unspecified atom stereocenters. The van der Waals surface area contributed by atoms with Crippen LogP contribution >= 0.6 is 0 Å². The summed E-state index contributed by atoms with van der Waals surface area (Å²) in [6.45, 7) is 1.59. The normalized spacial score (nSPS) is 35.6. The molecule has 5 atom stereocenters. The number of piperidine rings is 1. The Hall–Kier alpha value is -2.19. The number of ether oxygens (including phenoxy) is 1. The van der Waals surface area contributed by atoms with Crippen molar-refractivity contribution in [2.24, 2.45) is 11.8 Å². The van der Waals surface area contributed by atoms with Crippen LogP contribution in [0.15, 0.2) is 23.1 Å². The van der Waals surface area contributed by atoms with Gasteiger partial charge in [0.15, 0.2) is 9.84 Å². The number of carbonyl (C=O) groups is 1. The van der Waals surface area contributed by atoms with Crippen molar-refractivity contribution >= 4 is 21.4 Å². The molecule has 4 aliphatic heterocycles. The van der Waals surface area contributed by atoms with E-state index in [-0.39, 0.29) is 36.0 Å². The van der Waals surface area contributed by atoms with Gasteiger partial charge in [-0.05, 0) is 62.3 Å². The quantitative estimate of drug-likeness (QED) is 0.574. The number of anilines is 1. The lowest BCUT2D eigenvalue weighted by Crippen LogP contribution is -2.54. The highest BCUT2D eigenvalue weighted by Gasteiger charge is 2.53. The van der Waals surface area contributed by atoms with Crippen LogP contribution < -0.4 is 16.1 Å². The predicted molar refractivity (Wildman–Crippen MR) is 129 cm³/mol. The molecule has 1 amide bonds. The van der Waals surface area contributed by atoms with Crippen molar-refractivity contribution in [3.05, 3.63) is 23.8 Å². The van der Waals surface area contributed by atoms with E-state index in [2.05, 4.69) is 27.1 Å². The minimum Gasteiger partial charge on any atom is -0.381 e. The summed E-state index contributed by atoms with van der Waals surface area (Å²) in [6.07, 6.45) is 6.08. The van der Waals surface area contributed by atoms with Crippen LogP contribution in [0.2, 0.25) is 0 Å². The molecule has 0 bridgehead atoms. The van der Waals surface area contributed by atoms with Crippen molar-refractivity contribution in [2.45, 2.75) is 79.3 Å². The number of carbonyl (C=O) groups excluding carboxylic acids is 1. The van der Waals surface area contributed by atoms with Crippen LogP contribution in [0.25, 0.3) is 0 Å². The number of nitrogens with one attached hydrogen (secondary N) is 3. The topological polar surface area (TPSA) is 124 Å². The SMILES string of the molecule is N#C[C@H]1CCCC[C@@H]1N1NC(Nc2ccc3c(c2)CC2(CCOCC2)S3(=O)=O)C2C(=O)NCCC21. The molecule has 1 aliphatic carbocycles. The molecule has 1 aromatic rings. The molecule has 0 radical (unpaired) electrons. The first-order chi connectivity index (χ1) is 16.9. The summed E-state index contributed by atoms with van der Waals surface area (Å²) < 4.78 is 31.4. The van der Waals surface area contributed by atoms with Gasteiger partial charge >= 0.3 is 0 Å². The first-order valence-electron chi connectivity index (χ1n) is 12.9. The second-order valence-electron chi connectivity index (χ2n) is 10.7. The molecule has 4 fully saturated rings. The molecule has 3 N–H and O–H groups in total. The smallest absolute Gasteiger partial charge is 0.228 e. The van der Waals surface area contributed by atoms with Gasteiger partial charge in [-0.2, -0.15) is 5.26 Å². The number of nitrogens with zero attached hydrogens (tertiary/aromatic N) is 2. The molecule has 5 aliphatic rings. The Morgan fingerprint density at radius 1 is 1.14 bits per heavy atom. The van der Waals surface area contributed by atoms with Gasteiger partial charge in [0.25, 0.3) is 0 Å². The summed E-state index contributed by atoms with van der Waals surface area (Å²) in [6, 6.07) is 8.09. The van der Waals surface area contributed by atoms with E-state index < -0.39 is 14.6 Å². The maximum absolute atomic E-state index is 13.4. The van der Waals surface area contributed by atoms with E-state index in [0.29, 0.717) is 43.9 Å². The minimum absolute atomic E-state index is 0.0166. The van der Waals surface area contributed by atoms with Gasteiger partial charge in [0.2, 0.25) is 5.91 Å². The zero-order valence-corrected chi connectivity index (χ0v) is 20.6. The third-order valence-electron chi connectivity index (χ3n) is 8.87. The maximum Gasteiger partial charge on any atom is 0.228 e. The number of hydrazine groups is 1. The van der Waals surface area contributed by atoms with E-state index in [1.54, 1.807) is 6.07 Å². The van der Waals surface area contributed by atoms with Crippen molar-refractivity contribution in [2.75, 3.05) is 25.1 Å². The Kier molecular flexibility index (Phi) is 5.79. The van der Waals surface area contributed by atoms with Crippen molar-refractivity contribution in [3.63, 3.8) is 0 Å². The fraction of sp³-hybridized carbons (Fsp3) is 0.680. The Bertz CT molecular complexity index is 1160. The van der Waals surface area contributed by atoms with Gasteiger partial charge in [-0.1, -0.05) is 12.8 Å². The summed E-state index contributed by atoms with van der Waals surface area (Å²) in [4.78, 5) is 13.4. The highest BCUT2D eigenvalue weighted by Crippen LogP contribution is 2.46. The third-order valence-corrected chi connectivity index (χ3v) is 11.5. The molecule has 10 heteroatoms. The first-order valence-corrected chi connectivity index (χ1v) is 14.4. The zero-order valence-electron chi connectivity index (χ0n) is 19.8. The number of rotatable bonds is 3. The number of hydrogen-bond donors (Lipinski definition) is 3. The molecule has 4 heterocycles. The largest absolute Gasteiger partial charge is 0.381 e. The standard InChI is InChI=1S/C25H33N5O4S/c26-15-16-3-1-2-4-19(16)30-20-7-10-27-24(31)22(20)23(29-30)28-18-5-6-21-17(13-18)14-25(35(21,32)33)8-11-34-12-9-25/h5-6,13,16,19-20,22-23,28-29H,1-4,7-12,14H2,(H,27,31)/t16-,19+,20?,22?,23?/m1/s1. The number of sulfone groups is 1. The monoisotopic (exact) mass is 499 g/mol. The van der Waals surface area contributed by atoms with Crippen LogP contribution in [0.3, 0.4) is 0 Å². The Balaban J connectivity index is 1.26. The van der Waals surface area contributed by atoms with Gasteiger partial charge < -0.3 is 15.4 Å². The van der Waals surface area contributed by atoms with E-state index in [4.69, 9.17) is 4.74 Å². The number of nitriles is 1. The van der Waals surface area contributed by atoms with Crippen LogP contribution in [0.1, 0.15) is 50.5 Å². The second kappa shape index (κ2) is 8.73. The number of amides is 1. The summed E-state index contributed by atoms with van der Waals surface area (Å²) in [5.74, 6) is -0.312. The molecule has 35 heavy (non-hydrogen) atoms. The van der Waals surface area contributed by atoms with E-state index in [1.807, 2.05) is 12.1 Å². The van der Waals surface area contributed by atoms with Crippen LogP contribution in [-0.4, -0.2) is 62.1 Å². The second-order valence-corrected chi connectivity index (χ2v) is 13.0. The van der Waals surface area contributed by atoms with Gasteiger partial charge in [0, 0.05) is 37.5 Å². The molecule has 6 rings (SSSR count). The van der Waals surface area contributed by atoms with Crippen LogP contribution in [0.5, 0.6) is 0 Å². The highest BCUT2D eigenvalue weighted by molar-refractivity contribution is 7.93. The molecule has 0 aromatic heterocycles. The predicted octanol–water partition coefficient (Wildman–Crippen LogP) is 1.71. The first kappa shape index (κ1) is 23.2. The fourth-order valence-corrected chi connectivity index (χ4v) is 9.25.